The van der Waals surface area contributed by atoms with Gasteiger partial charge in [-0.05, 0) is 6.92 Å². The fraction of sp³-hybridized carbons (Fsp3) is 0.143. The Labute approximate surface area is 109 Å². The molecule has 6 nitrogen and oxygen atoms in total. The van der Waals surface area contributed by atoms with E-state index in [4.69, 9.17) is 0 Å². The van der Waals surface area contributed by atoms with E-state index in [1.54, 1.807) is 0 Å². The molecule has 0 aliphatic heterocycles. The van der Waals surface area contributed by atoms with Crippen molar-refractivity contribution < 1.29 is 52.1 Å². The van der Waals surface area contributed by atoms with Crippen LogP contribution in [0, 0.1) is 0 Å². The van der Waals surface area contributed by atoms with Gasteiger partial charge in [-0.3, -0.25) is 9.59 Å². The van der Waals surface area contributed by atoms with Gasteiger partial charge < -0.3 is 9.87 Å². The molecule has 0 saturated carbocycles. The summed E-state index contributed by atoms with van der Waals surface area (Å²) in [5.74, 6) is 0. The van der Waals surface area contributed by atoms with Crippen LogP contribution in [0.3, 0.4) is 0 Å². The summed E-state index contributed by atoms with van der Waals surface area (Å²) >= 11 is 0. The summed E-state index contributed by atoms with van der Waals surface area (Å²) in [5.41, 5.74) is -0.377. The fourth-order valence-corrected chi connectivity index (χ4v) is 1.21. The van der Waals surface area contributed by atoms with Crippen LogP contribution in [-0.2, 0) is 19.7 Å². The fourth-order valence-electron chi connectivity index (χ4n) is 0.667. The minimum absolute atomic E-state index is 0. The smallest absolute Gasteiger partial charge is 0.744 e. The number of carbonyl (C=O) groups excluding carboxylic acids is 2. The average molecular weight is 241 g/mol. The quantitative estimate of drug-likeness (QED) is 0.230. The van der Waals surface area contributed by atoms with Gasteiger partial charge in [0.1, 0.15) is 15.0 Å². The SMILES string of the molecule is C=C(C=O)NC(C)=C(C=O)S(=O)(=O)[O-].[Na+]. The van der Waals surface area contributed by atoms with Crippen molar-refractivity contribution in [3.05, 3.63) is 22.9 Å². The summed E-state index contributed by atoms with van der Waals surface area (Å²) in [6.45, 7) is 4.36. The van der Waals surface area contributed by atoms with Crippen LogP contribution in [0.5, 0.6) is 0 Å². The van der Waals surface area contributed by atoms with E-state index in [1.807, 2.05) is 0 Å². The van der Waals surface area contributed by atoms with Crippen LogP contribution in [-0.4, -0.2) is 25.5 Å². The largest absolute Gasteiger partial charge is 1.00 e. The van der Waals surface area contributed by atoms with Crippen LogP contribution in [0.4, 0.5) is 0 Å². The van der Waals surface area contributed by atoms with Crippen LogP contribution >= 0.6 is 0 Å². The zero-order valence-electron chi connectivity index (χ0n) is 8.31. The van der Waals surface area contributed by atoms with Gasteiger partial charge in [0.25, 0.3) is 0 Å². The third-order valence-electron chi connectivity index (χ3n) is 1.24. The van der Waals surface area contributed by atoms with Gasteiger partial charge in [-0.2, -0.15) is 0 Å². The first kappa shape index (κ1) is 16.9. The van der Waals surface area contributed by atoms with Gasteiger partial charge in [0.2, 0.25) is 0 Å². The first-order valence-corrected chi connectivity index (χ1v) is 4.76. The maximum atomic E-state index is 10.5. The number of aldehydes is 2. The Balaban J connectivity index is 0. The van der Waals surface area contributed by atoms with Crippen LogP contribution in [0.15, 0.2) is 22.9 Å². The molecule has 0 bridgehead atoms. The monoisotopic (exact) mass is 241 g/mol. The van der Waals surface area contributed by atoms with E-state index in [9.17, 15) is 22.6 Å². The third kappa shape index (κ3) is 5.85. The van der Waals surface area contributed by atoms with Crippen molar-refractivity contribution in [2.24, 2.45) is 0 Å². The van der Waals surface area contributed by atoms with E-state index in [1.165, 1.54) is 6.92 Å². The molecule has 0 fully saturated rings. The van der Waals surface area contributed by atoms with Gasteiger partial charge in [0, 0.05) is 5.70 Å². The van der Waals surface area contributed by atoms with E-state index in [0.717, 1.165) is 0 Å². The summed E-state index contributed by atoms with van der Waals surface area (Å²) < 4.78 is 31.4. The van der Waals surface area contributed by atoms with Crippen molar-refractivity contribution >= 4 is 22.7 Å². The van der Waals surface area contributed by atoms with Crippen molar-refractivity contribution in [1.82, 2.24) is 5.32 Å². The summed E-state index contributed by atoms with van der Waals surface area (Å²) in [4.78, 5) is 19.4. The second-order valence-corrected chi connectivity index (χ2v) is 3.68. The number of hydrogen-bond donors (Lipinski definition) is 1. The number of allylic oxidation sites excluding steroid dienone is 3. The molecular weight excluding hydrogens is 233 g/mol. The molecule has 0 unspecified atom stereocenters. The Morgan fingerprint density at radius 3 is 2.07 bits per heavy atom. The summed E-state index contributed by atoms with van der Waals surface area (Å²) in [6.07, 6.45) is 0.228. The molecule has 0 aromatic heterocycles. The summed E-state index contributed by atoms with van der Waals surface area (Å²) in [5, 5.41) is 2.19. The van der Waals surface area contributed by atoms with Gasteiger partial charge >= 0.3 is 29.6 Å². The first-order chi connectivity index (χ1) is 6.32. The molecular formula is C7H8NNaO5S. The number of rotatable bonds is 5. The molecule has 15 heavy (non-hydrogen) atoms. The Bertz CT molecular complexity index is 398. The minimum atomic E-state index is -4.83. The second-order valence-electron chi connectivity index (χ2n) is 2.33. The number of nitrogens with one attached hydrogen (secondary N) is 1. The van der Waals surface area contributed by atoms with Gasteiger partial charge in [-0.1, -0.05) is 6.58 Å². The number of carbonyl (C=O) groups is 2. The van der Waals surface area contributed by atoms with Crippen molar-refractivity contribution in [1.29, 1.82) is 0 Å². The van der Waals surface area contributed by atoms with E-state index >= 15 is 0 Å². The number of hydrogen-bond acceptors (Lipinski definition) is 6. The van der Waals surface area contributed by atoms with Crippen molar-refractivity contribution in [2.45, 2.75) is 6.92 Å². The first-order valence-electron chi connectivity index (χ1n) is 3.36. The molecule has 1 N–H and O–H groups in total. The minimum Gasteiger partial charge on any atom is -0.744 e. The molecule has 0 atom stereocenters. The molecule has 0 saturated heterocycles. The average Bonchev–Trinajstić information content (AvgIpc) is 2.02. The van der Waals surface area contributed by atoms with Gasteiger partial charge in [0.15, 0.2) is 12.6 Å². The third-order valence-corrected chi connectivity index (χ3v) is 2.18. The summed E-state index contributed by atoms with van der Waals surface area (Å²) in [6, 6.07) is 0. The maximum Gasteiger partial charge on any atom is 1.00 e. The molecule has 0 aromatic carbocycles. The van der Waals surface area contributed by atoms with Crippen LogP contribution in [0.25, 0.3) is 0 Å². The Morgan fingerprint density at radius 2 is 1.80 bits per heavy atom. The maximum absolute atomic E-state index is 10.5. The zero-order valence-corrected chi connectivity index (χ0v) is 11.1. The van der Waals surface area contributed by atoms with E-state index in [2.05, 4.69) is 11.9 Å². The van der Waals surface area contributed by atoms with Crippen molar-refractivity contribution in [3.8, 4) is 0 Å². The molecule has 0 spiro atoms. The van der Waals surface area contributed by atoms with Gasteiger partial charge in [-0.15, -0.1) is 0 Å². The van der Waals surface area contributed by atoms with Crippen LogP contribution in [0.1, 0.15) is 6.92 Å². The Hall–Kier alpha value is -0.470. The molecule has 0 rings (SSSR count). The van der Waals surface area contributed by atoms with E-state index in [0.29, 0.717) is 6.29 Å². The molecule has 0 radical (unpaired) electrons. The Morgan fingerprint density at radius 1 is 1.33 bits per heavy atom. The molecule has 8 heteroatoms. The molecule has 78 valence electrons. The Kier molecular flexibility index (Phi) is 7.81. The van der Waals surface area contributed by atoms with E-state index < -0.39 is 15.0 Å². The summed E-state index contributed by atoms with van der Waals surface area (Å²) in [7, 11) is -4.83. The standard InChI is InChI=1S/C7H9NO5S.Na/c1-5(3-9)8-6(2)7(4-10)14(11,12)13;/h3-4,8H,1H2,2H3,(H,11,12,13);/q;+1/p-1. The molecule has 0 aromatic rings. The normalized spacial score (nSPS) is 11.9. The van der Waals surface area contributed by atoms with Gasteiger partial charge in [0.05, 0.1) is 5.70 Å². The van der Waals surface area contributed by atoms with E-state index in [-0.39, 0.29) is 47.2 Å². The van der Waals surface area contributed by atoms with Crippen molar-refractivity contribution in [2.75, 3.05) is 0 Å². The molecule has 0 heterocycles. The van der Waals surface area contributed by atoms with Crippen LogP contribution < -0.4 is 34.9 Å². The second kappa shape index (κ2) is 6.91. The predicted molar refractivity (Wildman–Crippen MR) is 46.8 cm³/mol. The van der Waals surface area contributed by atoms with Crippen molar-refractivity contribution in [3.63, 3.8) is 0 Å². The topological polar surface area (TPSA) is 103 Å². The van der Waals surface area contributed by atoms with Crippen LogP contribution in [0.2, 0.25) is 0 Å². The molecule has 0 aliphatic rings. The molecule has 0 amide bonds. The molecule has 0 aliphatic carbocycles. The zero-order chi connectivity index (χ0) is 11.4. The predicted octanol–water partition coefficient (Wildman–Crippen LogP) is -3.73. The van der Waals surface area contributed by atoms with Gasteiger partial charge in [-0.25, -0.2) is 8.42 Å².